The van der Waals surface area contributed by atoms with Gasteiger partial charge in [0.2, 0.25) is 0 Å². The molecule has 0 amide bonds. The second kappa shape index (κ2) is 6.78. The number of nitrogens with zero attached hydrogens (tertiary/aromatic N) is 1. The van der Waals surface area contributed by atoms with Crippen LogP contribution >= 0.6 is 12.2 Å². The van der Waals surface area contributed by atoms with E-state index in [1.807, 2.05) is 0 Å². The number of nitrogens with two attached hydrogens (primary N) is 1. The van der Waals surface area contributed by atoms with E-state index in [0.717, 1.165) is 19.3 Å². The Morgan fingerprint density at radius 2 is 1.38 bits per heavy atom. The van der Waals surface area contributed by atoms with Crippen LogP contribution in [0.4, 0.5) is 32.0 Å². The molecule has 1 aliphatic carbocycles. The lowest BCUT2D eigenvalue weighted by molar-refractivity contribution is -0.143. The molecule has 0 bridgehead atoms. The van der Waals surface area contributed by atoms with Crippen LogP contribution in [-0.2, 0) is 12.4 Å². The van der Waals surface area contributed by atoms with Gasteiger partial charge in [-0.2, -0.15) is 26.3 Å². The molecule has 2 N–H and O–H groups in total. The van der Waals surface area contributed by atoms with Crippen LogP contribution in [0.3, 0.4) is 0 Å². The monoisotopic (exact) mass is 370 g/mol. The zero-order valence-electron chi connectivity index (χ0n) is 12.5. The van der Waals surface area contributed by atoms with Gasteiger partial charge in [-0.25, -0.2) is 0 Å². The average molecular weight is 370 g/mol. The minimum atomic E-state index is -4.90. The number of thiocarbonyl (C=S) groups is 1. The maximum absolute atomic E-state index is 13.0. The Bertz CT molecular complexity index is 573. The van der Waals surface area contributed by atoms with Gasteiger partial charge in [-0.15, -0.1) is 0 Å². The van der Waals surface area contributed by atoms with Gasteiger partial charge in [0.15, 0.2) is 5.11 Å². The fourth-order valence-electron chi connectivity index (χ4n) is 2.93. The molecule has 1 aromatic rings. The molecule has 0 aromatic heterocycles. The van der Waals surface area contributed by atoms with E-state index < -0.39 is 23.5 Å². The topological polar surface area (TPSA) is 29.3 Å². The molecule has 0 atom stereocenters. The van der Waals surface area contributed by atoms with Crippen LogP contribution in [0, 0.1) is 0 Å². The van der Waals surface area contributed by atoms with Crippen LogP contribution in [0.25, 0.3) is 0 Å². The van der Waals surface area contributed by atoms with Crippen LogP contribution in [0.2, 0.25) is 0 Å². The number of hydrogen-bond acceptors (Lipinski definition) is 1. The van der Waals surface area contributed by atoms with Gasteiger partial charge in [0.1, 0.15) is 0 Å². The minimum Gasteiger partial charge on any atom is -0.376 e. The lowest BCUT2D eigenvalue weighted by Crippen LogP contribution is -2.44. The number of benzene rings is 1. The fraction of sp³-hybridized carbons (Fsp3) is 0.533. The van der Waals surface area contributed by atoms with E-state index in [9.17, 15) is 26.3 Å². The molecule has 0 unspecified atom stereocenters. The lowest BCUT2D eigenvalue weighted by atomic mass is 9.93. The summed E-state index contributed by atoms with van der Waals surface area (Å²) in [6, 6.07) is 1.15. The lowest BCUT2D eigenvalue weighted by Gasteiger charge is -2.35. The summed E-state index contributed by atoms with van der Waals surface area (Å²) in [5.74, 6) is 0. The summed E-state index contributed by atoms with van der Waals surface area (Å²) < 4.78 is 78.0. The van der Waals surface area contributed by atoms with Gasteiger partial charge >= 0.3 is 12.4 Å². The van der Waals surface area contributed by atoms with Crippen molar-refractivity contribution in [2.24, 2.45) is 5.73 Å². The predicted octanol–water partition coefficient (Wildman–Crippen LogP) is 5.11. The van der Waals surface area contributed by atoms with Crippen molar-refractivity contribution in [3.05, 3.63) is 29.3 Å². The van der Waals surface area contributed by atoms with E-state index in [2.05, 4.69) is 0 Å². The molecule has 1 aliphatic rings. The number of rotatable bonds is 2. The van der Waals surface area contributed by atoms with Crippen molar-refractivity contribution in [1.29, 1.82) is 0 Å². The van der Waals surface area contributed by atoms with Gasteiger partial charge < -0.3 is 10.6 Å². The summed E-state index contributed by atoms with van der Waals surface area (Å²) in [4.78, 5) is 1.22. The highest BCUT2D eigenvalue weighted by molar-refractivity contribution is 7.80. The van der Waals surface area contributed by atoms with Gasteiger partial charge in [0, 0.05) is 11.7 Å². The molecule has 0 spiro atoms. The SMILES string of the molecule is NC(=S)N(c1cc(C(F)(F)F)cc(C(F)(F)F)c1)C1CCCCC1. The van der Waals surface area contributed by atoms with Crippen LogP contribution in [-0.4, -0.2) is 11.2 Å². The summed E-state index contributed by atoms with van der Waals surface area (Å²) >= 11 is 4.89. The third kappa shape index (κ3) is 4.31. The molecular formula is C15H16F6N2S. The minimum absolute atomic E-state index is 0.0993. The summed E-state index contributed by atoms with van der Waals surface area (Å²) in [5, 5.41) is -0.227. The Morgan fingerprint density at radius 1 is 0.917 bits per heavy atom. The zero-order chi connectivity index (χ0) is 18.1. The zero-order valence-corrected chi connectivity index (χ0v) is 13.4. The highest BCUT2D eigenvalue weighted by Gasteiger charge is 2.38. The second-order valence-electron chi connectivity index (χ2n) is 5.76. The van der Waals surface area contributed by atoms with Crippen LogP contribution in [0.1, 0.15) is 43.2 Å². The molecule has 0 radical (unpaired) electrons. The molecule has 1 fully saturated rings. The smallest absolute Gasteiger partial charge is 0.376 e. The first kappa shape index (κ1) is 18.8. The summed E-state index contributed by atoms with van der Waals surface area (Å²) in [6.45, 7) is 0. The highest BCUT2D eigenvalue weighted by atomic mass is 32.1. The van der Waals surface area contributed by atoms with Crippen molar-refractivity contribution >= 4 is 23.0 Å². The Balaban J connectivity index is 2.54. The number of anilines is 1. The largest absolute Gasteiger partial charge is 0.416 e. The Labute approximate surface area is 140 Å². The van der Waals surface area contributed by atoms with E-state index in [0.29, 0.717) is 25.0 Å². The predicted molar refractivity (Wildman–Crippen MR) is 82.6 cm³/mol. The molecule has 1 aromatic carbocycles. The van der Waals surface area contributed by atoms with Crippen molar-refractivity contribution in [1.82, 2.24) is 0 Å². The molecule has 1 saturated carbocycles. The Morgan fingerprint density at radius 3 is 1.75 bits per heavy atom. The van der Waals surface area contributed by atoms with E-state index >= 15 is 0 Å². The van der Waals surface area contributed by atoms with Crippen molar-refractivity contribution < 1.29 is 26.3 Å². The third-order valence-corrected chi connectivity index (χ3v) is 4.22. The molecule has 2 rings (SSSR count). The normalized spacial score (nSPS) is 16.9. The van der Waals surface area contributed by atoms with Crippen LogP contribution in [0.15, 0.2) is 18.2 Å². The maximum atomic E-state index is 13.0. The quantitative estimate of drug-likeness (QED) is 0.580. The number of hydrogen-bond donors (Lipinski definition) is 1. The molecule has 0 saturated heterocycles. The first-order chi connectivity index (χ1) is 11.0. The Hall–Kier alpha value is -1.51. The third-order valence-electron chi connectivity index (χ3n) is 4.03. The number of alkyl halides is 6. The van der Waals surface area contributed by atoms with Crippen molar-refractivity contribution in [2.75, 3.05) is 4.90 Å². The molecule has 0 heterocycles. The van der Waals surface area contributed by atoms with Crippen LogP contribution in [0.5, 0.6) is 0 Å². The molecule has 24 heavy (non-hydrogen) atoms. The molecule has 9 heteroatoms. The first-order valence-electron chi connectivity index (χ1n) is 7.38. The van der Waals surface area contributed by atoms with Crippen molar-refractivity contribution in [3.63, 3.8) is 0 Å². The van der Waals surface area contributed by atoms with Gasteiger partial charge in [-0.05, 0) is 43.3 Å². The second-order valence-corrected chi connectivity index (χ2v) is 6.18. The standard InChI is InChI=1S/C15H16F6N2S/c16-14(17,18)9-6-10(15(19,20)21)8-12(7-9)23(13(22)24)11-4-2-1-3-5-11/h6-8,11H,1-5H2,(H2,22,24). The fourth-order valence-corrected chi connectivity index (χ4v) is 3.19. The average Bonchev–Trinajstić information content (AvgIpc) is 2.46. The molecule has 134 valence electrons. The maximum Gasteiger partial charge on any atom is 0.416 e. The van der Waals surface area contributed by atoms with E-state index in [1.54, 1.807) is 0 Å². The first-order valence-corrected chi connectivity index (χ1v) is 7.79. The van der Waals surface area contributed by atoms with Crippen LogP contribution < -0.4 is 10.6 Å². The Kier molecular flexibility index (Phi) is 5.31. The van der Waals surface area contributed by atoms with Crippen molar-refractivity contribution in [2.45, 2.75) is 50.5 Å². The van der Waals surface area contributed by atoms with E-state index in [1.165, 1.54) is 4.90 Å². The summed E-state index contributed by atoms with van der Waals surface area (Å²) in [7, 11) is 0. The van der Waals surface area contributed by atoms with E-state index in [-0.39, 0.29) is 22.9 Å². The van der Waals surface area contributed by atoms with Gasteiger partial charge in [-0.3, -0.25) is 0 Å². The molecule has 0 aliphatic heterocycles. The molecule has 2 nitrogen and oxygen atoms in total. The van der Waals surface area contributed by atoms with Gasteiger partial charge in [0.25, 0.3) is 0 Å². The number of halogens is 6. The van der Waals surface area contributed by atoms with Gasteiger partial charge in [0.05, 0.1) is 11.1 Å². The highest BCUT2D eigenvalue weighted by Crippen LogP contribution is 2.39. The van der Waals surface area contributed by atoms with Crippen molar-refractivity contribution in [3.8, 4) is 0 Å². The van der Waals surface area contributed by atoms with Gasteiger partial charge in [-0.1, -0.05) is 19.3 Å². The summed E-state index contributed by atoms with van der Waals surface area (Å²) in [5.41, 5.74) is 2.60. The summed E-state index contributed by atoms with van der Waals surface area (Å²) in [6.07, 6.45) is -5.93. The molecular weight excluding hydrogens is 354 g/mol. The van der Waals surface area contributed by atoms with E-state index in [4.69, 9.17) is 18.0 Å².